The summed E-state index contributed by atoms with van der Waals surface area (Å²) in [5.74, 6) is 0. The van der Waals surface area contributed by atoms with Crippen molar-refractivity contribution in [2.75, 3.05) is 6.54 Å². The van der Waals surface area contributed by atoms with Crippen molar-refractivity contribution >= 4 is 15.9 Å². The number of aromatic nitrogens is 2. The van der Waals surface area contributed by atoms with Crippen LogP contribution in [-0.2, 0) is 6.54 Å². The average Bonchev–Trinajstić information content (AvgIpc) is 2.92. The molecule has 0 amide bonds. The van der Waals surface area contributed by atoms with Crippen molar-refractivity contribution in [1.82, 2.24) is 15.1 Å². The molecule has 2 aromatic rings. The highest BCUT2D eigenvalue weighted by Crippen LogP contribution is 2.26. The maximum absolute atomic E-state index is 4.40. The molecule has 108 valence electrons. The van der Waals surface area contributed by atoms with Gasteiger partial charge in [-0.1, -0.05) is 35.0 Å². The minimum Gasteiger partial charge on any atom is -0.306 e. The first kappa shape index (κ1) is 15.3. The second-order valence-electron chi connectivity index (χ2n) is 5.03. The molecule has 1 heterocycles. The van der Waals surface area contributed by atoms with Gasteiger partial charge in [0.05, 0.1) is 12.2 Å². The highest BCUT2D eigenvalue weighted by atomic mass is 79.9. The fourth-order valence-electron chi connectivity index (χ4n) is 2.27. The Morgan fingerprint density at radius 1 is 1.30 bits per heavy atom. The first-order valence-electron chi connectivity index (χ1n) is 7.17. The van der Waals surface area contributed by atoms with Gasteiger partial charge in [0.25, 0.3) is 0 Å². The van der Waals surface area contributed by atoms with Crippen LogP contribution >= 0.6 is 15.9 Å². The number of hydrogen-bond acceptors (Lipinski definition) is 2. The van der Waals surface area contributed by atoms with Crippen LogP contribution in [0.15, 0.2) is 35.1 Å². The minimum atomic E-state index is 0.210. The molecule has 2 rings (SSSR count). The lowest BCUT2D eigenvalue weighted by atomic mass is 9.99. The molecule has 4 heteroatoms. The first-order chi connectivity index (χ1) is 9.65. The van der Waals surface area contributed by atoms with Crippen LogP contribution in [0.3, 0.4) is 0 Å². The Bertz CT molecular complexity index is 563. The Kier molecular flexibility index (Phi) is 5.38. The third-order valence-electron chi connectivity index (χ3n) is 3.42. The van der Waals surface area contributed by atoms with Crippen LogP contribution in [0.1, 0.15) is 43.0 Å². The third-order valence-corrected chi connectivity index (χ3v) is 4.31. The molecular formula is C16H22BrN3. The predicted octanol–water partition coefficient (Wildman–Crippen LogP) is 4.06. The number of hydrogen-bond donors (Lipinski definition) is 1. The van der Waals surface area contributed by atoms with E-state index in [0.29, 0.717) is 0 Å². The normalized spacial score (nSPS) is 12.6. The quantitative estimate of drug-likeness (QED) is 0.862. The third kappa shape index (κ3) is 3.49. The lowest BCUT2D eigenvalue weighted by Gasteiger charge is -2.18. The summed E-state index contributed by atoms with van der Waals surface area (Å²) in [6, 6.07) is 6.74. The molecule has 1 atom stereocenters. The van der Waals surface area contributed by atoms with Crippen molar-refractivity contribution in [3.63, 3.8) is 0 Å². The van der Waals surface area contributed by atoms with E-state index >= 15 is 0 Å². The van der Waals surface area contributed by atoms with Crippen molar-refractivity contribution in [1.29, 1.82) is 0 Å². The molecule has 3 nitrogen and oxygen atoms in total. The summed E-state index contributed by atoms with van der Waals surface area (Å²) >= 11 is 3.57. The summed E-state index contributed by atoms with van der Waals surface area (Å²) in [6.07, 6.45) is 5.22. The summed E-state index contributed by atoms with van der Waals surface area (Å²) in [6.45, 7) is 8.32. The van der Waals surface area contributed by atoms with Crippen LogP contribution in [0.4, 0.5) is 0 Å². The maximum atomic E-state index is 4.40. The molecule has 0 spiro atoms. The van der Waals surface area contributed by atoms with Gasteiger partial charge in [-0.15, -0.1) is 0 Å². The van der Waals surface area contributed by atoms with Crippen molar-refractivity contribution < 1.29 is 0 Å². The zero-order chi connectivity index (χ0) is 14.5. The van der Waals surface area contributed by atoms with Gasteiger partial charge in [-0.2, -0.15) is 5.10 Å². The minimum absolute atomic E-state index is 0.210. The van der Waals surface area contributed by atoms with Crippen molar-refractivity contribution in [2.24, 2.45) is 0 Å². The molecule has 0 aliphatic carbocycles. The Balaban J connectivity index is 2.32. The SMILES string of the molecule is CCCNC(c1ccc(Br)c(C)c1)c1cnn(CC)c1. The van der Waals surface area contributed by atoms with Crippen LogP contribution in [0, 0.1) is 6.92 Å². The van der Waals surface area contributed by atoms with E-state index in [4.69, 9.17) is 0 Å². The van der Waals surface area contributed by atoms with E-state index in [0.717, 1.165) is 24.0 Å². The van der Waals surface area contributed by atoms with E-state index in [9.17, 15) is 0 Å². The summed E-state index contributed by atoms with van der Waals surface area (Å²) in [5.41, 5.74) is 3.77. The molecule has 0 fully saturated rings. The van der Waals surface area contributed by atoms with Crippen LogP contribution < -0.4 is 5.32 Å². The summed E-state index contributed by atoms with van der Waals surface area (Å²) in [7, 11) is 0. The molecule has 0 saturated heterocycles. The van der Waals surface area contributed by atoms with E-state index in [2.05, 4.69) is 71.5 Å². The Hall–Kier alpha value is -1.13. The molecule has 0 saturated carbocycles. The molecule has 0 bridgehead atoms. The molecule has 1 unspecified atom stereocenters. The lowest BCUT2D eigenvalue weighted by molar-refractivity contribution is 0.596. The summed E-state index contributed by atoms with van der Waals surface area (Å²) < 4.78 is 3.13. The first-order valence-corrected chi connectivity index (χ1v) is 7.96. The summed E-state index contributed by atoms with van der Waals surface area (Å²) in [5, 5.41) is 8.01. The molecule has 0 radical (unpaired) electrons. The largest absolute Gasteiger partial charge is 0.306 e. The van der Waals surface area contributed by atoms with Crippen molar-refractivity contribution in [2.45, 2.75) is 39.8 Å². The second-order valence-corrected chi connectivity index (χ2v) is 5.88. The molecule has 0 aliphatic rings. The smallest absolute Gasteiger partial charge is 0.0608 e. The van der Waals surface area contributed by atoms with Gasteiger partial charge < -0.3 is 5.32 Å². The topological polar surface area (TPSA) is 29.9 Å². The number of nitrogens with one attached hydrogen (secondary N) is 1. The highest BCUT2D eigenvalue weighted by Gasteiger charge is 2.15. The maximum Gasteiger partial charge on any atom is 0.0608 e. The van der Waals surface area contributed by atoms with Gasteiger partial charge in [-0.05, 0) is 44.0 Å². The molecule has 1 aromatic carbocycles. The fourth-order valence-corrected chi connectivity index (χ4v) is 2.51. The van der Waals surface area contributed by atoms with Crippen LogP contribution in [0.2, 0.25) is 0 Å². The van der Waals surface area contributed by atoms with Gasteiger partial charge in [0, 0.05) is 22.8 Å². The van der Waals surface area contributed by atoms with E-state index in [1.54, 1.807) is 0 Å². The predicted molar refractivity (Wildman–Crippen MR) is 86.9 cm³/mol. The van der Waals surface area contributed by atoms with Crippen molar-refractivity contribution in [3.05, 3.63) is 51.8 Å². The fraction of sp³-hybridized carbons (Fsp3) is 0.438. The zero-order valence-electron chi connectivity index (χ0n) is 12.4. The van der Waals surface area contributed by atoms with Gasteiger partial charge in [0.15, 0.2) is 0 Å². The number of aryl methyl sites for hydroxylation is 2. The van der Waals surface area contributed by atoms with E-state index in [-0.39, 0.29) is 6.04 Å². The molecule has 1 N–H and O–H groups in total. The van der Waals surface area contributed by atoms with Crippen LogP contribution in [0.5, 0.6) is 0 Å². The van der Waals surface area contributed by atoms with Crippen LogP contribution in [-0.4, -0.2) is 16.3 Å². The number of halogens is 1. The van der Waals surface area contributed by atoms with Gasteiger partial charge >= 0.3 is 0 Å². The molecule has 0 aliphatic heterocycles. The van der Waals surface area contributed by atoms with Gasteiger partial charge in [-0.3, -0.25) is 4.68 Å². The van der Waals surface area contributed by atoms with Crippen molar-refractivity contribution in [3.8, 4) is 0 Å². The summed E-state index contributed by atoms with van der Waals surface area (Å²) in [4.78, 5) is 0. The number of rotatable bonds is 6. The Morgan fingerprint density at radius 2 is 2.10 bits per heavy atom. The van der Waals surface area contributed by atoms with Gasteiger partial charge in [0.2, 0.25) is 0 Å². The molecular weight excluding hydrogens is 314 g/mol. The van der Waals surface area contributed by atoms with E-state index in [1.807, 2.05) is 10.9 Å². The lowest BCUT2D eigenvalue weighted by Crippen LogP contribution is -2.23. The van der Waals surface area contributed by atoms with Gasteiger partial charge in [0.1, 0.15) is 0 Å². The second kappa shape index (κ2) is 7.04. The Labute approximate surface area is 129 Å². The monoisotopic (exact) mass is 335 g/mol. The number of benzene rings is 1. The molecule has 20 heavy (non-hydrogen) atoms. The zero-order valence-corrected chi connectivity index (χ0v) is 13.9. The van der Waals surface area contributed by atoms with E-state index < -0.39 is 0 Å². The van der Waals surface area contributed by atoms with Gasteiger partial charge in [-0.25, -0.2) is 0 Å². The average molecular weight is 336 g/mol. The van der Waals surface area contributed by atoms with E-state index in [1.165, 1.54) is 16.7 Å². The standard InChI is InChI=1S/C16H22BrN3/c1-4-8-18-16(14-10-19-20(5-2)11-14)13-6-7-15(17)12(3)9-13/h6-7,9-11,16,18H,4-5,8H2,1-3H3. The molecule has 1 aromatic heterocycles. The highest BCUT2D eigenvalue weighted by molar-refractivity contribution is 9.10. The number of nitrogens with zero attached hydrogens (tertiary/aromatic N) is 2. The Morgan fingerprint density at radius 3 is 2.70 bits per heavy atom. The van der Waals surface area contributed by atoms with Crippen LogP contribution in [0.25, 0.3) is 0 Å².